The van der Waals surface area contributed by atoms with E-state index in [1.54, 1.807) is 0 Å². The number of quaternary nitrogens is 1. The third-order valence-corrected chi connectivity index (χ3v) is 15.7. The first kappa shape index (κ1) is 75.7. The van der Waals surface area contributed by atoms with Crippen LogP contribution < -0.4 is 5.32 Å². The maximum Gasteiger partial charge on any atom is 0.472 e. The number of carbonyl (C=O) groups excluding carboxylic acids is 2. The fourth-order valence-corrected chi connectivity index (χ4v) is 10.3. The van der Waals surface area contributed by atoms with Gasteiger partial charge in [0.05, 0.1) is 33.8 Å². The minimum atomic E-state index is -4.45. The highest BCUT2D eigenvalue weighted by atomic mass is 31.2. The molecule has 0 bridgehead atoms. The van der Waals surface area contributed by atoms with Crippen molar-refractivity contribution < 1.29 is 37.3 Å². The first-order valence-electron chi connectivity index (χ1n) is 33.1. The Morgan fingerprint density at radius 1 is 0.449 bits per heavy atom. The second-order valence-corrected chi connectivity index (χ2v) is 25.1. The highest BCUT2D eigenvalue weighted by Gasteiger charge is 2.30. The van der Waals surface area contributed by atoms with Gasteiger partial charge in [-0.25, -0.2) is 4.57 Å². The SMILES string of the molecule is CCCCC/C=C\C/C=C\C/C=C\CCCCCCCCCCCCCCC(=O)NC(COP(=O)(O)OCC[N+](C)(C)C)C(/C=C\CCCCCCCCCCCC)OC(=O)CCCCCCCCC/C=C\CCCCCC. The lowest BCUT2D eigenvalue weighted by Crippen LogP contribution is -2.47. The Morgan fingerprint density at radius 2 is 0.782 bits per heavy atom. The number of hydrogen-bond donors (Lipinski definition) is 2. The van der Waals surface area contributed by atoms with Crippen molar-refractivity contribution in [2.75, 3.05) is 40.9 Å². The predicted octanol–water partition coefficient (Wildman–Crippen LogP) is 20.6. The van der Waals surface area contributed by atoms with Crippen LogP contribution in [0.1, 0.15) is 310 Å². The molecule has 0 heterocycles. The minimum Gasteiger partial charge on any atom is -0.456 e. The summed E-state index contributed by atoms with van der Waals surface area (Å²) in [4.78, 5) is 37.8. The van der Waals surface area contributed by atoms with Crippen molar-refractivity contribution in [2.45, 2.75) is 322 Å². The van der Waals surface area contributed by atoms with Crippen molar-refractivity contribution in [3.63, 3.8) is 0 Å². The summed E-state index contributed by atoms with van der Waals surface area (Å²) in [6, 6.07) is -0.851. The third-order valence-electron chi connectivity index (χ3n) is 14.7. The van der Waals surface area contributed by atoms with Gasteiger partial charge in [-0.1, -0.05) is 262 Å². The van der Waals surface area contributed by atoms with Crippen molar-refractivity contribution in [1.82, 2.24) is 5.32 Å². The van der Waals surface area contributed by atoms with E-state index in [0.29, 0.717) is 17.4 Å². The van der Waals surface area contributed by atoms with E-state index in [4.69, 9.17) is 13.8 Å². The van der Waals surface area contributed by atoms with Gasteiger partial charge >= 0.3 is 13.8 Å². The molecule has 78 heavy (non-hydrogen) atoms. The Labute approximate surface area is 483 Å². The number of esters is 1. The molecule has 9 nitrogen and oxygen atoms in total. The standard InChI is InChI=1S/C68H127N2O7P/c1-7-10-13-16-19-22-25-28-30-31-32-33-34-35-36-37-38-39-41-42-45-48-51-54-57-60-67(71)69-65(64-76-78(73,74)75-63-62-70(4,5)6)66(59-56-53-50-47-44-27-24-21-18-15-12-9-3)77-68(72)61-58-55-52-49-46-43-40-29-26-23-20-17-14-11-8-2/h19,22-23,26,28,30,32-33,56,59,65-66H,7-18,20-21,24-25,27,29,31,34-55,57-58,60-64H2,1-6H3,(H-,69,71,73,74)/p+1/b22-19-,26-23-,30-28-,33-32-,59-56-. The molecule has 0 aromatic heterocycles. The first-order valence-corrected chi connectivity index (χ1v) is 34.6. The van der Waals surface area contributed by atoms with Crippen LogP contribution in [-0.2, 0) is 27.9 Å². The summed E-state index contributed by atoms with van der Waals surface area (Å²) in [5.41, 5.74) is 0. The van der Waals surface area contributed by atoms with Gasteiger partial charge in [-0.15, -0.1) is 0 Å². The van der Waals surface area contributed by atoms with E-state index in [-0.39, 0.29) is 31.5 Å². The van der Waals surface area contributed by atoms with E-state index >= 15 is 0 Å². The largest absolute Gasteiger partial charge is 0.472 e. The quantitative estimate of drug-likeness (QED) is 0.0205. The van der Waals surface area contributed by atoms with Gasteiger partial charge in [0.1, 0.15) is 19.3 Å². The molecule has 2 N–H and O–H groups in total. The smallest absolute Gasteiger partial charge is 0.456 e. The summed E-state index contributed by atoms with van der Waals surface area (Å²) in [6.07, 6.45) is 73.6. The zero-order valence-electron chi connectivity index (χ0n) is 52.2. The normalized spacial score (nSPS) is 14.0. The number of amides is 1. The van der Waals surface area contributed by atoms with Crippen LogP contribution in [0.5, 0.6) is 0 Å². The lowest BCUT2D eigenvalue weighted by molar-refractivity contribution is -0.870. The highest BCUT2D eigenvalue weighted by molar-refractivity contribution is 7.47. The molecule has 0 radical (unpaired) electrons. The van der Waals surface area contributed by atoms with Crippen molar-refractivity contribution >= 4 is 19.7 Å². The molecule has 0 aliphatic heterocycles. The lowest BCUT2D eigenvalue weighted by Gasteiger charge is -2.27. The van der Waals surface area contributed by atoms with Crippen LogP contribution in [0.25, 0.3) is 0 Å². The number of phosphoric ester groups is 1. The van der Waals surface area contributed by atoms with E-state index < -0.39 is 20.0 Å². The van der Waals surface area contributed by atoms with Crippen LogP contribution in [0.15, 0.2) is 60.8 Å². The molecule has 0 spiro atoms. The molecule has 3 atom stereocenters. The molecule has 0 saturated heterocycles. The van der Waals surface area contributed by atoms with E-state index in [1.807, 2.05) is 33.3 Å². The van der Waals surface area contributed by atoms with Gasteiger partial charge in [0.25, 0.3) is 0 Å². The van der Waals surface area contributed by atoms with Crippen molar-refractivity contribution in [3.05, 3.63) is 60.8 Å². The van der Waals surface area contributed by atoms with E-state index in [2.05, 4.69) is 74.7 Å². The molecular formula is C68H128N2O7P+. The molecule has 3 unspecified atom stereocenters. The van der Waals surface area contributed by atoms with E-state index in [9.17, 15) is 19.0 Å². The summed E-state index contributed by atoms with van der Waals surface area (Å²) in [5, 5.41) is 3.06. The average Bonchev–Trinajstić information content (AvgIpc) is 3.40. The van der Waals surface area contributed by atoms with Crippen LogP contribution in [-0.4, -0.2) is 74.3 Å². The zero-order valence-corrected chi connectivity index (χ0v) is 53.1. The number of ether oxygens (including phenoxy) is 1. The van der Waals surface area contributed by atoms with Crippen LogP contribution in [0, 0.1) is 0 Å². The van der Waals surface area contributed by atoms with Crippen LogP contribution in [0.2, 0.25) is 0 Å². The molecule has 456 valence electrons. The first-order chi connectivity index (χ1) is 37.9. The Bertz CT molecular complexity index is 1520. The Morgan fingerprint density at radius 3 is 1.22 bits per heavy atom. The monoisotopic (exact) mass is 1120 g/mol. The summed E-state index contributed by atoms with van der Waals surface area (Å²) < 4.78 is 30.7. The van der Waals surface area contributed by atoms with Gasteiger partial charge in [0.15, 0.2) is 0 Å². The van der Waals surface area contributed by atoms with Gasteiger partial charge in [-0.05, 0) is 96.0 Å². The fraction of sp³-hybridized carbons (Fsp3) is 0.824. The van der Waals surface area contributed by atoms with E-state index in [0.717, 1.165) is 77.0 Å². The number of unbranched alkanes of at least 4 members (excludes halogenated alkanes) is 36. The average molecular weight is 1120 g/mol. The molecule has 0 aromatic carbocycles. The number of nitrogens with one attached hydrogen (secondary N) is 1. The third kappa shape index (κ3) is 58.4. The second kappa shape index (κ2) is 57.9. The Kier molecular flexibility index (Phi) is 56.2. The summed E-state index contributed by atoms with van der Waals surface area (Å²) in [5.74, 6) is -0.504. The van der Waals surface area contributed by atoms with Crippen LogP contribution >= 0.6 is 7.82 Å². The van der Waals surface area contributed by atoms with Crippen LogP contribution in [0.3, 0.4) is 0 Å². The molecule has 10 heteroatoms. The number of phosphoric acid groups is 1. The summed E-state index contributed by atoms with van der Waals surface area (Å²) in [7, 11) is 1.50. The van der Waals surface area contributed by atoms with Crippen molar-refractivity contribution in [3.8, 4) is 0 Å². The summed E-state index contributed by atoms with van der Waals surface area (Å²) >= 11 is 0. The molecule has 0 fully saturated rings. The molecule has 1 amide bonds. The number of rotatable bonds is 60. The van der Waals surface area contributed by atoms with Gasteiger partial charge in [0, 0.05) is 12.8 Å². The number of hydrogen-bond acceptors (Lipinski definition) is 6. The van der Waals surface area contributed by atoms with Crippen LogP contribution in [0.4, 0.5) is 0 Å². The second-order valence-electron chi connectivity index (χ2n) is 23.6. The molecular weight excluding hydrogens is 988 g/mol. The zero-order chi connectivity index (χ0) is 57.2. The molecule has 0 aliphatic rings. The summed E-state index contributed by atoms with van der Waals surface area (Å²) in [6.45, 7) is 6.99. The van der Waals surface area contributed by atoms with Gasteiger partial charge < -0.3 is 19.4 Å². The maximum atomic E-state index is 13.6. The number of likely N-dealkylation sites (N-methyl/N-ethyl adjacent to an activating group) is 1. The topological polar surface area (TPSA) is 111 Å². The Hall–Kier alpha value is -2.29. The minimum absolute atomic E-state index is 0.0389. The molecule has 0 rings (SSSR count). The van der Waals surface area contributed by atoms with Gasteiger partial charge in [-0.2, -0.15) is 0 Å². The molecule has 0 saturated carbocycles. The Balaban J connectivity index is 5.10. The van der Waals surface area contributed by atoms with Crippen molar-refractivity contribution in [2.24, 2.45) is 0 Å². The molecule has 0 aromatic rings. The van der Waals surface area contributed by atoms with Gasteiger partial charge in [-0.3, -0.25) is 18.6 Å². The maximum absolute atomic E-state index is 13.6. The number of carbonyl (C=O) groups is 2. The molecule has 0 aliphatic carbocycles. The highest BCUT2D eigenvalue weighted by Crippen LogP contribution is 2.43. The number of allylic oxidation sites excluding steroid dienone is 9. The van der Waals surface area contributed by atoms with E-state index in [1.165, 1.54) is 199 Å². The number of nitrogens with zero attached hydrogens (tertiary/aromatic N) is 1. The van der Waals surface area contributed by atoms with Gasteiger partial charge in [0.2, 0.25) is 5.91 Å². The predicted molar refractivity (Wildman–Crippen MR) is 337 cm³/mol. The lowest BCUT2D eigenvalue weighted by atomic mass is 10.0. The fourth-order valence-electron chi connectivity index (χ4n) is 9.53. The van der Waals surface area contributed by atoms with Crippen molar-refractivity contribution in [1.29, 1.82) is 0 Å².